The second-order valence-corrected chi connectivity index (χ2v) is 8.35. The SMILES string of the molecule is CC(C)COc1ccc(C(=O)Nc2ccc(NC(=O)C(C)Oc3ccccc3Cl)cc2)cc1. The quantitative estimate of drug-likeness (QED) is 0.403. The zero-order valence-electron chi connectivity index (χ0n) is 18.8. The number of amides is 2. The molecule has 0 saturated carbocycles. The largest absolute Gasteiger partial charge is 0.493 e. The fourth-order valence-corrected chi connectivity index (χ4v) is 3.01. The van der Waals surface area contributed by atoms with Gasteiger partial charge in [0.05, 0.1) is 11.6 Å². The molecule has 3 rings (SSSR count). The third-order valence-corrected chi connectivity index (χ3v) is 4.93. The van der Waals surface area contributed by atoms with E-state index in [9.17, 15) is 9.59 Å². The van der Waals surface area contributed by atoms with Gasteiger partial charge in [0.25, 0.3) is 11.8 Å². The number of rotatable bonds is 9. The number of hydrogen-bond acceptors (Lipinski definition) is 4. The Morgan fingerprint density at radius 3 is 2.06 bits per heavy atom. The first-order valence-electron chi connectivity index (χ1n) is 10.7. The molecular formula is C26H27ClN2O4. The minimum Gasteiger partial charge on any atom is -0.493 e. The number of anilines is 2. The van der Waals surface area contributed by atoms with Gasteiger partial charge in [-0.15, -0.1) is 0 Å². The van der Waals surface area contributed by atoms with Crippen LogP contribution in [0.4, 0.5) is 11.4 Å². The number of halogens is 1. The summed E-state index contributed by atoms with van der Waals surface area (Å²) in [4.78, 5) is 24.9. The van der Waals surface area contributed by atoms with Crippen molar-refractivity contribution in [2.45, 2.75) is 26.9 Å². The molecule has 0 aromatic heterocycles. The average molecular weight is 467 g/mol. The summed E-state index contributed by atoms with van der Waals surface area (Å²) in [6, 6.07) is 20.8. The Bertz CT molecular complexity index is 1080. The molecule has 7 heteroatoms. The number of hydrogen-bond donors (Lipinski definition) is 2. The van der Waals surface area contributed by atoms with Crippen molar-refractivity contribution in [1.82, 2.24) is 0 Å². The lowest BCUT2D eigenvalue weighted by Gasteiger charge is -2.16. The van der Waals surface area contributed by atoms with Crippen molar-refractivity contribution in [3.05, 3.63) is 83.4 Å². The zero-order chi connectivity index (χ0) is 23.8. The van der Waals surface area contributed by atoms with Gasteiger partial charge in [-0.2, -0.15) is 0 Å². The lowest BCUT2D eigenvalue weighted by Crippen LogP contribution is -2.30. The Morgan fingerprint density at radius 2 is 1.45 bits per heavy atom. The fourth-order valence-electron chi connectivity index (χ4n) is 2.83. The highest BCUT2D eigenvalue weighted by molar-refractivity contribution is 6.32. The van der Waals surface area contributed by atoms with E-state index < -0.39 is 6.10 Å². The van der Waals surface area contributed by atoms with Crippen LogP contribution in [0.5, 0.6) is 11.5 Å². The van der Waals surface area contributed by atoms with Crippen LogP contribution in [-0.2, 0) is 4.79 Å². The molecule has 0 heterocycles. The number of benzene rings is 3. The Labute approximate surface area is 198 Å². The molecule has 0 aliphatic carbocycles. The molecule has 0 aliphatic rings. The van der Waals surface area contributed by atoms with Crippen LogP contribution in [0, 0.1) is 5.92 Å². The van der Waals surface area contributed by atoms with Gasteiger partial charge in [0.2, 0.25) is 0 Å². The minimum absolute atomic E-state index is 0.232. The van der Waals surface area contributed by atoms with E-state index in [1.807, 2.05) is 0 Å². The molecule has 6 nitrogen and oxygen atoms in total. The van der Waals surface area contributed by atoms with Gasteiger partial charge in [-0.1, -0.05) is 37.6 Å². The first-order chi connectivity index (χ1) is 15.8. The monoisotopic (exact) mass is 466 g/mol. The van der Waals surface area contributed by atoms with Crippen LogP contribution in [0.25, 0.3) is 0 Å². The molecule has 172 valence electrons. The molecule has 0 spiro atoms. The number of nitrogens with one attached hydrogen (secondary N) is 2. The zero-order valence-corrected chi connectivity index (χ0v) is 19.6. The highest BCUT2D eigenvalue weighted by Gasteiger charge is 2.16. The summed E-state index contributed by atoms with van der Waals surface area (Å²) in [7, 11) is 0. The van der Waals surface area contributed by atoms with Crippen LogP contribution in [0.15, 0.2) is 72.8 Å². The van der Waals surface area contributed by atoms with E-state index in [0.29, 0.717) is 40.2 Å². The molecule has 0 fully saturated rings. The van der Waals surface area contributed by atoms with Crippen LogP contribution in [-0.4, -0.2) is 24.5 Å². The summed E-state index contributed by atoms with van der Waals surface area (Å²) >= 11 is 6.07. The van der Waals surface area contributed by atoms with Gasteiger partial charge in [-0.3, -0.25) is 9.59 Å². The predicted octanol–water partition coefficient (Wildman–Crippen LogP) is 6.03. The van der Waals surface area contributed by atoms with Crippen LogP contribution in [0.1, 0.15) is 31.1 Å². The smallest absolute Gasteiger partial charge is 0.265 e. The highest BCUT2D eigenvalue weighted by Crippen LogP contribution is 2.24. The number of carbonyl (C=O) groups is 2. The van der Waals surface area contributed by atoms with E-state index in [2.05, 4.69) is 24.5 Å². The van der Waals surface area contributed by atoms with E-state index in [1.54, 1.807) is 79.7 Å². The summed E-state index contributed by atoms with van der Waals surface area (Å²) in [6.45, 7) is 6.42. The summed E-state index contributed by atoms with van der Waals surface area (Å²) in [6.07, 6.45) is -0.739. The maximum atomic E-state index is 12.5. The summed E-state index contributed by atoms with van der Waals surface area (Å²) in [5.74, 6) is 1.06. The van der Waals surface area contributed by atoms with Crippen molar-refractivity contribution in [2.75, 3.05) is 17.2 Å². The van der Waals surface area contributed by atoms with E-state index in [0.717, 1.165) is 5.75 Å². The normalized spacial score (nSPS) is 11.5. The van der Waals surface area contributed by atoms with Gasteiger partial charge >= 0.3 is 0 Å². The van der Waals surface area contributed by atoms with Crippen LogP contribution < -0.4 is 20.1 Å². The van der Waals surface area contributed by atoms with Crippen molar-refractivity contribution in [3.63, 3.8) is 0 Å². The lowest BCUT2D eigenvalue weighted by atomic mass is 10.2. The number of para-hydroxylation sites is 1. The van der Waals surface area contributed by atoms with Crippen molar-refractivity contribution >= 4 is 34.8 Å². The molecule has 3 aromatic rings. The highest BCUT2D eigenvalue weighted by atomic mass is 35.5. The standard InChI is InChI=1S/C26H27ClN2O4/c1-17(2)16-32-22-14-8-19(9-15-22)26(31)29-21-12-10-20(11-13-21)28-25(30)18(3)33-24-7-5-4-6-23(24)27/h4-15,17-18H,16H2,1-3H3,(H,28,30)(H,29,31). The van der Waals surface area contributed by atoms with Crippen LogP contribution >= 0.6 is 11.6 Å². The first kappa shape index (κ1) is 24.1. The van der Waals surface area contributed by atoms with Gasteiger partial charge in [-0.05, 0) is 73.5 Å². The predicted molar refractivity (Wildman–Crippen MR) is 131 cm³/mol. The Hall–Kier alpha value is -3.51. The molecule has 0 saturated heterocycles. The Balaban J connectivity index is 1.52. The molecule has 1 atom stereocenters. The molecule has 2 amide bonds. The van der Waals surface area contributed by atoms with E-state index in [1.165, 1.54) is 0 Å². The summed E-state index contributed by atoms with van der Waals surface area (Å²) in [5.41, 5.74) is 1.72. The molecule has 2 N–H and O–H groups in total. The van der Waals surface area contributed by atoms with Crippen molar-refractivity contribution < 1.29 is 19.1 Å². The van der Waals surface area contributed by atoms with E-state index >= 15 is 0 Å². The topological polar surface area (TPSA) is 76.7 Å². The Morgan fingerprint density at radius 1 is 0.848 bits per heavy atom. The third kappa shape index (κ3) is 7.26. The summed E-state index contributed by atoms with van der Waals surface area (Å²) < 4.78 is 11.3. The van der Waals surface area contributed by atoms with Gasteiger partial charge in [-0.25, -0.2) is 0 Å². The van der Waals surface area contributed by atoms with E-state index in [4.69, 9.17) is 21.1 Å². The van der Waals surface area contributed by atoms with Crippen molar-refractivity contribution in [1.29, 1.82) is 0 Å². The minimum atomic E-state index is -0.739. The first-order valence-corrected chi connectivity index (χ1v) is 11.1. The van der Waals surface area contributed by atoms with Gasteiger partial charge in [0.1, 0.15) is 11.5 Å². The molecule has 1 unspecified atom stereocenters. The number of ether oxygens (including phenoxy) is 2. The average Bonchev–Trinajstić information content (AvgIpc) is 2.80. The molecule has 0 aliphatic heterocycles. The molecular weight excluding hydrogens is 440 g/mol. The van der Waals surface area contributed by atoms with Crippen molar-refractivity contribution in [2.24, 2.45) is 5.92 Å². The third-order valence-electron chi connectivity index (χ3n) is 4.62. The Kier molecular flexibility index (Phi) is 8.33. The maximum Gasteiger partial charge on any atom is 0.265 e. The van der Waals surface area contributed by atoms with Crippen LogP contribution in [0.3, 0.4) is 0 Å². The van der Waals surface area contributed by atoms with E-state index in [-0.39, 0.29) is 11.8 Å². The van der Waals surface area contributed by atoms with Gasteiger partial charge in [0, 0.05) is 16.9 Å². The second kappa shape index (κ2) is 11.4. The summed E-state index contributed by atoms with van der Waals surface area (Å²) in [5, 5.41) is 6.06. The molecule has 0 radical (unpaired) electrons. The van der Waals surface area contributed by atoms with Gasteiger partial charge < -0.3 is 20.1 Å². The number of carbonyl (C=O) groups excluding carboxylic acids is 2. The molecule has 0 bridgehead atoms. The van der Waals surface area contributed by atoms with Gasteiger partial charge in [0.15, 0.2) is 6.10 Å². The molecule has 3 aromatic carbocycles. The molecule has 33 heavy (non-hydrogen) atoms. The second-order valence-electron chi connectivity index (χ2n) is 7.94. The van der Waals surface area contributed by atoms with Crippen molar-refractivity contribution in [3.8, 4) is 11.5 Å². The lowest BCUT2D eigenvalue weighted by molar-refractivity contribution is -0.122. The maximum absolute atomic E-state index is 12.5. The fraction of sp³-hybridized carbons (Fsp3) is 0.231. The van der Waals surface area contributed by atoms with Crippen LogP contribution in [0.2, 0.25) is 5.02 Å².